The van der Waals surface area contributed by atoms with Gasteiger partial charge in [-0.3, -0.25) is 5.10 Å². The van der Waals surface area contributed by atoms with Gasteiger partial charge in [0.15, 0.2) is 0 Å². The molecule has 2 aromatic carbocycles. The summed E-state index contributed by atoms with van der Waals surface area (Å²) in [5, 5.41) is 8.69. The van der Waals surface area contributed by atoms with Gasteiger partial charge in [0.2, 0.25) is 0 Å². The van der Waals surface area contributed by atoms with Crippen molar-refractivity contribution in [2.24, 2.45) is 0 Å². The van der Waals surface area contributed by atoms with Gasteiger partial charge in [0.25, 0.3) is 0 Å². The first-order valence-electron chi connectivity index (χ1n) is 9.03. The third kappa shape index (κ3) is 4.44. The van der Waals surface area contributed by atoms with Crippen molar-refractivity contribution in [2.45, 2.75) is 32.9 Å². The topological polar surface area (TPSA) is 41.1 Å². The van der Waals surface area contributed by atoms with Gasteiger partial charge >= 0.3 is 0 Å². The molecule has 0 atom stereocenters. The Labute approximate surface area is 155 Å². The summed E-state index contributed by atoms with van der Waals surface area (Å²) < 4.78 is 5.97. The van der Waals surface area contributed by atoms with E-state index in [0.717, 1.165) is 46.6 Å². The number of H-pyrrole nitrogens is 1. The molecule has 4 heteroatoms. The quantitative estimate of drug-likeness (QED) is 0.616. The summed E-state index contributed by atoms with van der Waals surface area (Å²) in [4.78, 5) is 2.31. The van der Waals surface area contributed by atoms with E-state index in [-0.39, 0.29) is 0 Å². The molecule has 0 saturated heterocycles. The maximum atomic E-state index is 5.97. The highest BCUT2D eigenvalue weighted by Gasteiger charge is 2.09. The predicted octanol–water partition coefficient (Wildman–Crippen LogP) is 4.36. The van der Waals surface area contributed by atoms with Gasteiger partial charge < -0.3 is 9.64 Å². The van der Waals surface area contributed by atoms with Gasteiger partial charge in [-0.05, 0) is 55.9 Å². The van der Waals surface area contributed by atoms with E-state index in [2.05, 4.69) is 41.1 Å². The van der Waals surface area contributed by atoms with Crippen LogP contribution in [0, 0.1) is 12.3 Å². The minimum Gasteiger partial charge on any atom is -0.489 e. The third-order valence-electron chi connectivity index (χ3n) is 4.43. The molecule has 1 heterocycles. The van der Waals surface area contributed by atoms with Crippen molar-refractivity contribution in [3.05, 3.63) is 59.3 Å². The van der Waals surface area contributed by atoms with Crippen LogP contribution >= 0.6 is 0 Å². The van der Waals surface area contributed by atoms with Crippen LogP contribution < -0.4 is 4.74 Å². The number of rotatable bonds is 8. The molecule has 0 fully saturated rings. The number of fused-ring (bicyclic) bond motifs is 1. The van der Waals surface area contributed by atoms with Crippen molar-refractivity contribution in [3.63, 3.8) is 0 Å². The van der Waals surface area contributed by atoms with E-state index >= 15 is 0 Å². The highest BCUT2D eigenvalue weighted by Crippen LogP contribution is 2.24. The molecule has 0 radical (unpaired) electrons. The lowest BCUT2D eigenvalue weighted by atomic mass is 10.1. The molecule has 1 N–H and O–H groups in total. The Morgan fingerprint density at radius 1 is 1.23 bits per heavy atom. The highest BCUT2D eigenvalue weighted by molar-refractivity contribution is 5.82. The molecule has 0 bridgehead atoms. The molecular formula is C22H25N3O. The molecule has 0 unspecified atom stereocenters. The van der Waals surface area contributed by atoms with Crippen LogP contribution in [0.1, 0.15) is 36.6 Å². The number of nitrogens with zero attached hydrogens (tertiary/aromatic N) is 2. The average molecular weight is 347 g/mol. The minimum atomic E-state index is 0.491. The Bertz CT molecular complexity index is 907. The summed E-state index contributed by atoms with van der Waals surface area (Å²) in [5.74, 6) is 3.49. The van der Waals surface area contributed by atoms with Crippen LogP contribution in [-0.4, -0.2) is 28.7 Å². The largest absolute Gasteiger partial charge is 0.489 e. The lowest BCUT2D eigenvalue weighted by Gasteiger charge is -2.15. The first-order valence-corrected chi connectivity index (χ1v) is 9.03. The number of unbranched alkanes of at least 4 members (excludes halogenated alkanes) is 1. The number of nitrogens with one attached hydrogen (secondary N) is 1. The fraction of sp³-hybridized carbons (Fsp3) is 0.318. The lowest BCUT2D eigenvalue weighted by Crippen LogP contribution is -2.19. The number of hydrogen-bond acceptors (Lipinski definition) is 3. The molecule has 3 aromatic rings. The number of ether oxygens (including phenoxy) is 1. The molecule has 0 amide bonds. The zero-order chi connectivity index (χ0) is 18.4. The normalized spacial score (nSPS) is 11.0. The molecular weight excluding hydrogens is 322 g/mol. The van der Waals surface area contributed by atoms with Crippen LogP contribution in [0.15, 0.2) is 42.5 Å². The molecule has 4 nitrogen and oxygen atoms in total. The molecule has 1 aromatic heterocycles. The van der Waals surface area contributed by atoms with Gasteiger partial charge in [-0.2, -0.15) is 5.10 Å². The van der Waals surface area contributed by atoms with Gasteiger partial charge in [0.05, 0.1) is 11.2 Å². The molecule has 0 aliphatic rings. The van der Waals surface area contributed by atoms with E-state index in [1.165, 1.54) is 12.8 Å². The Morgan fingerprint density at radius 3 is 2.92 bits per heavy atom. The van der Waals surface area contributed by atoms with E-state index in [0.29, 0.717) is 6.61 Å². The smallest absolute Gasteiger partial charge is 0.120 e. The summed E-state index contributed by atoms with van der Waals surface area (Å²) in [6.07, 6.45) is 7.86. The van der Waals surface area contributed by atoms with Crippen LogP contribution in [0.25, 0.3) is 10.9 Å². The van der Waals surface area contributed by atoms with Gasteiger partial charge in [0, 0.05) is 17.5 Å². The average Bonchev–Trinajstić information content (AvgIpc) is 3.07. The fourth-order valence-electron chi connectivity index (χ4n) is 2.95. The summed E-state index contributed by atoms with van der Waals surface area (Å²) in [5.41, 5.74) is 4.02. The van der Waals surface area contributed by atoms with Crippen molar-refractivity contribution >= 4 is 10.9 Å². The summed E-state index contributed by atoms with van der Waals surface area (Å²) in [6.45, 7) is 4.63. The summed E-state index contributed by atoms with van der Waals surface area (Å²) >= 11 is 0. The molecule has 26 heavy (non-hydrogen) atoms. The Kier molecular flexibility index (Phi) is 5.93. The number of aromatic amines is 1. The van der Waals surface area contributed by atoms with Crippen molar-refractivity contribution in [2.75, 3.05) is 13.6 Å². The fourth-order valence-corrected chi connectivity index (χ4v) is 2.95. The second-order valence-electron chi connectivity index (χ2n) is 6.61. The lowest BCUT2D eigenvalue weighted by molar-refractivity contribution is 0.306. The van der Waals surface area contributed by atoms with Gasteiger partial charge in [-0.15, -0.1) is 6.42 Å². The number of hydrogen-bond donors (Lipinski definition) is 1. The standard InChI is InChI=1S/C22H25N3O/c1-4-6-12-25(3)15-22-20-14-19(10-11-21(20)23-24-22)26-16-18-9-7-8-17(5-2)13-18/h2,7-11,13-14H,4,6,12,15-16H2,1,3H3,(H,23,24). The van der Waals surface area contributed by atoms with Crippen LogP contribution in [0.5, 0.6) is 5.75 Å². The van der Waals surface area contributed by atoms with E-state index in [9.17, 15) is 0 Å². The van der Waals surface area contributed by atoms with Crippen molar-refractivity contribution in [3.8, 4) is 18.1 Å². The van der Waals surface area contributed by atoms with Crippen molar-refractivity contribution in [1.29, 1.82) is 0 Å². The van der Waals surface area contributed by atoms with Gasteiger partial charge in [-0.25, -0.2) is 0 Å². The van der Waals surface area contributed by atoms with Crippen LogP contribution in [0.4, 0.5) is 0 Å². The minimum absolute atomic E-state index is 0.491. The van der Waals surface area contributed by atoms with Crippen molar-refractivity contribution < 1.29 is 4.74 Å². The molecule has 0 saturated carbocycles. The predicted molar refractivity (Wildman–Crippen MR) is 106 cm³/mol. The zero-order valence-corrected chi connectivity index (χ0v) is 15.5. The Hall–Kier alpha value is -2.77. The van der Waals surface area contributed by atoms with E-state index < -0.39 is 0 Å². The summed E-state index contributed by atoms with van der Waals surface area (Å²) in [7, 11) is 2.14. The van der Waals surface area contributed by atoms with Crippen LogP contribution in [0.3, 0.4) is 0 Å². The van der Waals surface area contributed by atoms with Gasteiger partial charge in [-0.1, -0.05) is 31.4 Å². The molecule has 134 valence electrons. The van der Waals surface area contributed by atoms with E-state index in [1.54, 1.807) is 0 Å². The first kappa shape index (κ1) is 18.0. The SMILES string of the molecule is C#Cc1cccc(COc2ccc3n[nH]c(CN(C)CCCC)c3c2)c1. The Morgan fingerprint density at radius 2 is 2.12 bits per heavy atom. The van der Waals surface area contributed by atoms with Crippen molar-refractivity contribution in [1.82, 2.24) is 15.1 Å². The maximum Gasteiger partial charge on any atom is 0.120 e. The molecule has 3 rings (SSSR count). The molecule has 0 spiro atoms. The maximum absolute atomic E-state index is 5.97. The second-order valence-corrected chi connectivity index (χ2v) is 6.61. The van der Waals surface area contributed by atoms with Crippen LogP contribution in [-0.2, 0) is 13.2 Å². The Balaban J connectivity index is 1.71. The van der Waals surface area contributed by atoms with Gasteiger partial charge in [0.1, 0.15) is 12.4 Å². The van der Waals surface area contributed by atoms with E-state index in [1.807, 2.05) is 36.4 Å². The number of aromatic nitrogens is 2. The molecule has 0 aliphatic heterocycles. The summed E-state index contributed by atoms with van der Waals surface area (Å²) in [6, 6.07) is 13.9. The highest BCUT2D eigenvalue weighted by atomic mass is 16.5. The van der Waals surface area contributed by atoms with Crippen LogP contribution in [0.2, 0.25) is 0 Å². The van der Waals surface area contributed by atoms with E-state index in [4.69, 9.17) is 11.2 Å². The number of terminal acetylenes is 1. The third-order valence-corrected chi connectivity index (χ3v) is 4.43. The first-order chi connectivity index (χ1) is 12.7. The number of benzene rings is 2. The second kappa shape index (κ2) is 8.55. The zero-order valence-electron chi connectivity index (χ0n) is 15.5. The molecule has 0 aliphatic carbocycles. The monoisotopic (exact) mass is 347 g/mol.